The minimum absolute atomic E-state index is 0.243. The number of amides is 1. The zero-order chi connectivity index (χ0) is 20.6. The number of thioether (sulfide) groups is 1. The molecule has 0 atom stereocenters. The molecule has 2 aromatic rings. The number of anilines is 1. The average molecular weight is 506 g/mol. The Bertz CT molecular complexity index is 892. The lowest BCUT2D eigenvalue weighted by Gasteiger charge is -2.22. The second-order valence-electron chi connectivity index (χ2n) is 6.13. The van der Waals surface area contributed by atoms with Gasteiger partial charge >= 0.3 is 0 Å². The first-order valence-corrected chi connectivity index (χ1v) is 12.8. The van der Waals surface area contributed by atoms with E-state index in [0.29, 0.717) is 12.2 Å². The van der Waals surface area contributed by atoms with Gasteiger partial charge in [0.1, 0.15) is 6.54 Å². The van der Waals surface area contributed by atoms with Gasteiger partial charge in [-0.15, -0.1) is 0 Å². The van der Waals surface area contributed by atoms with Crippen LogP contribution in [0.5, 0.6) is 0 Å². The summed E-state index contributed by atoms with van der Waals surface area (Å²) in [7, 11) is -3.56. The van der Waals surface area contributed by atoms with Crippen molar-refractivity contribution in [2.24, 2.45) is 0 Å². The maximum absolute atomic E-state index is 12.2. The van der Waals surface area contributed by atoms with Crippen molar-refractivity contribution < 1.29 is 13.2 Å². The molecule has 0 heterocycles. The lowest BCUT2D eigenvalue weighted by atomic mass is 10.2. The third-order valence-corrected chi connectivity index (χ3v) is 6.75. The van der Waals surface area contributed by atoms with Gasteiger partial charge in [-0.3, -0.25) is 9.10 Å². The van der Waals surface area contributed by atoms with E-state index in [0.717, 1.165) is 38.0 Å². The fourth-order valence-electron chi connectivity index (χ4n) is 2.39. The number of nitrogens with zero attached hydrogens (tertiary/aromatic N) is 1. The Morgan fingerprint density at radius 1 is 1.21 bits per heavy atom. The summed E-state index contributed by atoms with van der Waals surface area (Å²) in [5.41, 5.74) is 1.65. The van der Waals surface area contributed by atoms with Crippen LogP contribution >= 0.6 is 39.3 Å². The highest BCUT2D eigenvalue weighted by molar-refractivity contribution is 9.10. The lowest BCUT2D eigenvalue weighted by Crippen LogP contribution is -2.40. The molecular formula is C19H22BrClN2O3S2. The summed E-state index contributed by atoms with van der Waals surface area (Å²) < 4.78 is 26.0. The second kappa shape index (κ2) is 11.1. The van der Waals surface area contributed by atoms with Gasteiger partial charge in [0.05, 0.1) is 11.9 Å². The van der Waals surface area contributed by atoms with Crippen LogP contribution in [0.1, 0.15) is 12.0 Å². The molecule has 1 N–H and O–H groups in total. The van der Waals surface area contributed by atoms with E-state index in [1.807, 2.05) is 24.3 Å². The lowest BCUT2D eigenvalue weighted by molar-refractivity contribution is -0.119. The van der Waals surface area contributed by atoms with Gasteiger partial charge in [0.15, 0.2) is 0 Å². The highest BCUT2D eigenvalue weighted by Gasteiger charge is 2.20. The number of halogens is 2. The van der Waals surface area contributed by atoms with Crippen molar-refractivity contribution in [1.29, 1.82) is 0 Å². The van der Waals surface area contributed by atoms with Crippen LogP contribution in [0.15, 0.2) is 53.0 Å². The normalized spacial score (nSPS) is 11.2. The predicted molar refractivity (Wildman–Crippen MR) is 122 cm³/mol. The van der Waals surface area contributed by atoms with Crippen LogP contribution < -0.4 is 9.62 Å². The van der Waals surface area contributed by atoms with E-state index in [4.69, 9.17) is 11.6 Å². The third-order valence-electron chi connectivity index (χ3n) is 3.75. The summed E-state index contributed by atoms with van der Waals surface area (Å²) in [5, 5.41) is 3.51. The summed E-state index contributed by atoms with van der Waals surface area (Å²) in [6.45, 7) is 0.260. The molecule has 5 nitrogen and oxygen atoms in total. The zero-order valence-electron chi connectivity index (χ0n) is 15.4. The number of hydrogen-bond donors (Lipinski definition) is 1. The van der Waals surface area contributed by atoms with Gasteiger partial charge < -0.3 is 5.32 Å². The molecule has 0 saturated heterocycles. The van der Waals surface area contributed by atoms with Gasteiger partial charge in [-0.25, -0.2) is 8.42 Å². The fourth-order valence-corrected chi connectivity index (χ4v) is 4.67. The molecule has 152 valence electrons. The Hall–Kier alpha value is -1.22. The third kappa shape index (κ3) is 8.03. The zero-order valence-corrected chi connectivity index (χ0v) is 19.4. The van der Waals surface area contributed by atoms with Crippen molar-refractivity contribution >= 4 is 60.9 Å². The summed E-state index contributed by atoms with van der Waals surface area (Å²) >= 11 is 11.0. The van der Waals surface area contributed by atoms with Crippen molar-refractivity contribution in [1.82, 2.24) is 5.32 Å². The number of hydrogen-bond acceptors (Lipinski definition) is 4. The molecular weight excluding hydrogens is 484 g/mol. The van der Waals surface area contributed by atoms with Gasteiger partial charge in [0.25, 0.3) is 0 Å². The van der Waals surface area contributed by atoms with E-state index >= 15 is 0 Å². The van der Waals surface area contributed by atoms with Crippen molar-refractivity contribution in [2.75, 3.05) is 29.4 Å². The van der Waals surface area contributed by atoms with Crippen LogP contribution in [0.25, 0.3) is 0 Å². The van der Waals surface area contributed by atoms with Crippen LogP contribution in [0.3, 0.4) is 0 Å². The maximum atomic E-state index is 12.2. The number of benzene rings is 2. The molecule has 0 spiro atoms. The smallest absolute Gasteiger partial charge is 0.240 e. The Morgan fingerprint density at radius 2 is 1.93 bits per heavy atom. The highest BCUT2D eigenvalue weighted by atomic mass is 79.9. The second-order valence-corrected chi connectivity index (χ2v) is 10.5. The van der Waals surface area contributed by atoms with Gasteiger partial charge in [-0.05, 0) is 48.1 Å². The van der Waals surface area contributed by atoms with E-state index in [1.54, 1.807) is 36.0 Å². The minimum Gasteiger partial charge on any atom is -0.354 e. The Morgan fingerprint density at radius 3 is 2.57 bits per heavy atom. The molecule has 9 heteroatoms. The maximum Gasteiger partial charge on any atom is 0.240 e. The topological polar surface area (TPSA) is 66.5 Å². The summed E-state index contributed by atoms with van der Waals surface area (Å²) in [4.78, 5) is 12.2. The van der Waals surface area contributed by atoms with Crippen molar-refractivity contribution in [3.05, 3.63) is 63.6 Å². The summed E-state index contributed by atoms with van der Waals surface area (Å²) in [5.74, 6) is 1.45. The molecule has 1 amide bonds. The first kappa shape index (κ1) is 23.1. The van der Waals surface area contributed by atoms with Crippen LogP contribution in [-0.2, 0) is 20.6 Å². The number of nitrogens with one attached hydrogen (secondary N) is 1. The molecule has 0 aromatic heterocycles. The van der Waals surface area contributed by atoms with E-state index in [9.17, 15) is 13.2 Å². The van der Waals surface area contributed by atoms with E-state index in [-0.39, 0.29) is 12.5 Å². The molecule has 2 aromatic carbocycles. The molecule has 2 rings (SSSR count). The van der Waals surface area contributed by atoms with Crippen molar-refractivity contribution in [2.45, 2.75) is 12.2 Å². The van der Waals surface area contributed by atoms with E-state index in [2.05, 4.69) is 21.2 Å². The molecule has 0 aliphatic rings. The number of rotatable bonds is 10. The molecule has 0 aliphatic carbocycles. The molecule has 0 unspecified atom stereocenters. The van der Waals surface area contributed by atoms with Crippen molar-refractivity contribution in [3.63, 3.8) is 0 Å². The van der Waals surface area contributed by atoms with E-state index in [1.165, 1.54) is 5.56 Å². The van der Waals surface area contributed by atoms with E-state index < -0.39 is 10.0 Å². The standard InChI is InChI=1S/C19H22BrClN2O3S2/c1-28(25,26)23(18-5-2-4-16(20)12-18)13-19(24)22-10-3-11-27-14-15-6-8-17(21)9-7-15/h2,4-9,12H,3,10-11,13-14H2,1H3,(H,22,24). The predicted octanol–water partition coefficient (Wildman–Crippen LogP) is 4.31. The Balaban J connectivity index is 1.74. The van der Waals surface area contributed by atoms with Crippen molar-refractivity contribution in [3.8, 4) is 0 Å². The molecule has 0 aliphatic heterocycles. The van der Waals surface area contributed by atoms with Gasteiger partial charge in [0, 0.05) is 21.8 Å². The van der Waals surface area contributed by atoms with Crippen LogP contribution in [-0.4, -0.2) is 39.4 Å². The van der Waals surface area contributed by atoms with Crippen LogP contribution in [0.2, 0.25) is 5.02 Å². The molecule has 28 heavy (non-hydrogen) atoms. The fraction of sp³-hybridized carbons (Fsp3) is 0.316. The minimum atomic E-state index is -3.56. The number of carbonyl (C=O) groups excluding carboxylic acids is 1. The number of sulfonamides is 1. The molecule has 0 saturated carbocycles. The average Bonchev–Trinajstić information content (AvgIpc) is 2.63. The van der Waals surface area contributed by atoms with Gasteiger partial charge in [-0.1, -0.05) is 45.7 Å². The molecule has 0 bridgehead atoms. The number of carbonyl (C=O) groups is 1. The van der Waals surface area contributed by atoms with Crippen LogP contribution in [0.4, 0.5) is 5.69 Å². The van der Waals surface area contributed by atoms with Crippen LogP contribution in [0, 0.1) is 0 Å². The first-order valence-electron chi connectivity index (χ1n) is 8.58. The van der Waals surface area contributed by atoms with Gasteiger partial charge in [0.2, 0.25) is 15.9 Å². The quantitative estimate of drug-likeness (QED) is 0.489. The monoisotopic (exact) mass is 504 g/mol. The van der Waals surface area contributed by atoms with Gasteiger partial charge in [-0.2, -0.15) is 11.8 Å². The highest BCUT2D eigenvalue weighted by Crippen LogP contribution is 2.22. The molecule has 0 fully saturated rings. The Kier molecular flexibility index (Phi) is 9.14. The largest absolute Gasteiger partial charge is 0.354 e. The SMILES string of the molecule is CS(=O)(=O)N(CC(=O)NCCCSCc1ccc(Cl)cc1)c1cccc(Br)c1. The Labute approximate surface area is 184 Å². The summed E-state index contributed by atoms with van der Waals surface area (Å²) in [6.07, 6.45) is 1.90. The summed E-state index contributed by atoms with van der Waals surface area (Å²) in [6, 6.07) is 14.6. The first-order chi connectivity index (χ1) is 13.3. The molecule has 0 radical (unpaired) electrons.